The Hall–Kier alpha value is -2.08. The smallest absolute Gasteiger partial charge is 0.319 e. The van der Waals surface area contributed by atoms with Gasteiger partial charge in [0.1, 0.15) is 5.52 Å². The lowest BCUT2D eigenvalue weighted by atomic mass is 9.97. The molecule has 1 aromatic carbocycles. The summed E-state index contributed by atoms with van der Waals surface area (Å²) >= 11 is 0. The first kappa shape index (κ1) is 16.3. The molecule has 0 aliphatic carbocycles. The average molecular weight is 305 g/mol. The number of carbonyl (C=O) groups is 1. The van der Waals surface area contributed by atoms with Gasteiger partial charge < -0.3 is 20.2 Å². The molecule has 1 aromatic heterocycles. The number of urea groups is 1. The first-order valence-electron chi connectivity index (χ1n) is 7.63. The predicted octanol–water partition coefficient (Wildman–Crippen LogP) is 3.05. The van der Waals surface area contributed by atoms with E-state index in [4.69, 9.17) is 4.42 Å². The van der Waals surface area contributed by atoms with E-state index < -0.39 is 6.10 Å². The maximum atomic E-state index is 11.9. The summed E-state index contributed by atoms with van der Waals surface area (Å²) in [5, 5.41) is 15.4. The fourth-order valence-electron chi connectivity index (χ4n) is 2.49. The van der Waals surface area contributed by atoms with Gasteiger partial charge in [-0.15, -0.1) is 0 Å². The molecule has 0 saturated carbocycles. The van der Waals surface area contributed by atoms with E-state index in [-0.39, 0.29) is 18.5 Å². The molecule has 0 spiro atoms. The number of aliphatic hydroxyl groups excluding tert-OH is 1. The summed E-state index contributed by atoms with van der Waals surface area (Å²) in [6.45, 7) is 6.08. The van der Waals surface area contributed by atoms with Crippen molar-refractivity contribution in [2.75, 3.05) is 11.9 Å². The fourth-order valence-corrected chi connectivity index (χ4v) is 2.49. The second-order valence-electron chi connectivity index (χ2n) is 5.39. The summed E-state index contributed by atoms with van der Waals surface area (Å²) in [6.07, 6.45) is 1.26. The highest BCUT2D eigenvalue weighted by Crippen LogP contribution is 2.19. The Morgan fingerprint density at radius 3 is 2.77 bits per heavy atom. The Labute approximate surface area is 129 Å². The van der Waals surface area contributed by atoms with E-state index in [9.17, 15) is 9.90 Å². The number of nitrogens with zero attached hydrogens (tertiary/aromatic N) is 1. The van der Waals surface area contributed by atoms with Gasteiger partial charge in [-0.25, -0.2) is 9.78 Å². The number of amides is 2. The fraction of sp³-hybridized carbons (Fsp3) is 0.500. The molecule has 2 aromatic rings. The SMILES string of the molecule is CCC(CC)C(O)CNC(=O)Nc1ccc2nc(C)oc2c1. The van der Waals surface area contributed by atoms with Gasteiger partial charge in [-0.3, -0.25) is 0 Å². The number of hydrogen-bond donors (Lipinski definition) is 3. The summed E-state index contributed by atoms with van der Waals surface area (Å²) in [5.41, 5.74) is 2.01. The summed E-state index contributed by atoms with van der Waals surface area (Å²) in [4.78, 5) is 16.1. The van der Waals surface area contributed by atoms with E-state index in [2.05, 4.69) is 15.6 Å². The molecule has 1 atom stereocenters. The number of benzene rings is 1. The standard InChI is InChI=1S/C16H23N3O3/c1-4-11(5-2)14(20)9-17-16(21)19-12-6-7-13-15(8-12)22-10(3)18-13/h6-8,11,14,20H,4-5,9H2,1-3H3,(H2,17,19,21). The van der Waals surface area contributed by atoms with Crippen LogP contribution in [0.3, 0.4) is 0 Å². The van der Waals surface area contributed by atoms with Gasteiger partial charge in [-0.2, -0.15) is 0 Å². The molecule has 0 aliphatic heterocycles. The normalized spacial score (nSPS) is 12.6. The molecular weight excluding hydrogens is 282 g/mol. The molecule has 0 bridgehead atoms. The second kappa shape index (κ2) is 7.26. The van der Waals surface area contributed by atoms with Crippen LogP contribution in [-0.4, -0.2) is 28.8 Å². The number of aryl methyl sites for hydroxylation is 1. The van der Waals surface area contributed by atoms with E-state index in [1.54, 1.807) is 25.1 Å². The minimum atomic E-state index is -0.528. The third kappa shape index (κ3) is 3.98. The van der Waals surface area contributed by atoms with Gasteiger partial charge in [0.05, 0.1) is 6.10 Å². The van der Waals surface area contributed by atoms with Crippen LogP contribution in [0.2, 0.25) is 0 Å². The van der Waals surface area contributed by atoms with Crippen molar-refractivity contribution in [1.29, 1.82) is 0 Å². The lowest BCUT2D eigenvalue weighted by Gasteiger charge is -2.20. The Morgan fingerprint density at radius 1 is 1.36 bits per heavy atom. The van der Waals surface area contributed by atoms with Crippen molar-refractivity contribution in [2.45, 2.75) is 39.7 Å². The summed E-state index contributed by atoms with van der Waals surface area (Å²) in [7, 11) is 0. The number of anilines is 1. The molecule has 2 rings (SSSR count). The highest BCUT2D eigenvalue weighted by atomic mass is 16.3. The number of aromatic nitrogens is 1. The number of oxazole rings is 1. The third-order valence-electron chi connectivity index (χ3n) is 3.82. The Balaban J connectivity index is 1.90. The molecule has 2 amide bonds. The molecular formula is C16H23N3O3. The monoisotopic (exact) mass is 305 g/mol. The first-order valence-corrected chi connectivity index (χ1v) is 7.63. The van der Waals surface area contributed by atoms with Crippen LogP contribution in [0.4, 0.5) is 10.5 Å². The van der Waals surface area contributed by atoms with E-state index in [1.165, 1.54) is 0 Å². The summed E-state index contributed by atoms with van der Waals surface area (Å²) in [5.74, 6) is 0.790. The van der Waals surface area contributed by atoms with Crippen LogP contribution in [0.25, 0.3) is 11.1 Å². The van der Waals surface area contributed by atoms with Crippen molar-refractivity contribution in [3.05, 3.63) is 24.1 Å². The molecule has 6 nitrogen and oxygen atoms in total. The van der Waals surface area contributed by atoms with Crippen LogP contribution < -0.4 is 10.6 Å². The maximum absolute atomic E-state index is 11.9. The number of hydrogen-bond acceptors (Lipinski definition) is 4. The van der Waals surface area contributed by atoms with Crippen molar-refractivity contribution < 1.29 is 14.3 Å². The van der Waals surface area contributed by atoms with Crippen LogP contribution in [-0.2, 0) is 0 Å². The van der Waals surface area contributed by atoms with Crippen molar-refractivity contribution in [2.24, 2.45) is 5.92 Å². The lowest BCUT2D eigenvalue weighted by Crippen LogP contribution is -2.38. The third-order valence-corrected chi connectivity index (χ3v) is 3.82. The highest BCUT2D eigenvalue weighted by Gasteiger charge is 2.16. The molecule has 3 N–H and O–H groups in total. The molecule has 0 saturated heterocycles. The Bertz CT molecular complexity index is 635. The Kier molecular flexibility index (Phi) is 5.38. The molecule has 0 aliphatic rings. The first-order chi connectivity index (χ1) is 10.5. The predicted molar refractivity (Wildman–Crippen MR) is 85.8 cm³/mol. The van der Waals surface area contributed by atoms with Gasteiger partial charge in [0.15, 0.2) is 11.5 Å². The van der Waals surface area contributed by atoms with Gasteiger partial charge in [-0.05, 0) is 18.1 Å². The van der Waals surface area contributed by atoms with E-state index >= 15 is 0 Å². The van der Waals surface area contributed by atoms with Gasteiger partial charge in [-0.1, -0.05) is 26.7 Å². The quantitative estimate of drug-likeness (QED) is 0.765. The average Bonchev–Trinajstić information content (AvgIpc) is 2.85. The topological polar surface area (TPSA) is 87.4 Å². The van der Waals surface area contributed by atoms with Crippen LogP contribution in [0.5, 0.6) is 0 Å². The van der Waals surface area contributed by atoms with Crippen LogP contribution in [0, 0.1) is 12.8 Å². The van der Waals surface area contributed by atoms with Crippen molar-refractivity contribution in [3.63, 3.8) is 0 Å². The van der Waals surface area contributed by atoms with Crippen LogP contribution >= 0.6 is 0 Å². The zero-order chi connectivity index (χ0) is 16.1. The molecule has 0 fully saturated rings. The van der Waals surface area contributed by atoms with E-state index in [0.29, 0.717) is 17.2 Å². The van der Waals surface area contributed by atoms with Gasteiger partial charge in [0.25, 0.3) is 0 Å². The molecule has 1 unspecified atom stereocenters. The number of nitrogens with one attached hydrogen (secondary N) is 2. The van der Waals surface area contributed by atoms with Gasteiger partial charge in [0.2, 0.25) is 0 Å². The molecule has 6 heteroatoms. The largest absolute Gasteiger partial charge is 0.441 e. The molecule has 0 radical (unpaired) electrons. The zero-order valence-electron chi connectivity index (χ0n) is 13.2. The number of rotatable bonds is 6. The van der Waals surface area contributed by atoms with Crippen LogP contribution in [0.1, 0.15) is 32.6 Å². The van der Waals surface area contributed by atoms with E-state index in [0.717, 1.165) is 18.4 Å². The number of carbonyl (C=O) groups excluding carboxylic acids is 1. The van der Waals surface area contributed by atoms with Crippen molar-refractivity contribution in [3.8, 4) is 0 Å². The lowest BCUT2D eigenvalue weighted by molar-refractivity contribution is 0.104. The highest BCUT2D eigenvalue weighted by molar-refractivity contribution is 5.91. The molecule has 1 heterocycles. The minimum absolute atomic E-state index is 0.203. The zero-order valence-corrected chi connectivity index (χ0v) is 13.2. The van der Waals surface area contributed by atoms with Crippen molar-refractivity contribution in [1.82, 2.24) is 10.3 Å². The summed E-state index contributed by atoms with van der Waals surface area (Å²) < 4.78 is 5.43. The van der Waals surface area contributed by atoms with E-state index in [1.807, 2.05) is 13.8 Å². The Morgan fingerprint density at radius 2 is 2.09 bits per heavy atom. The second-order valence-corrected chi connectivity index (χ2v) is 5.39. The van der Waals surface area contributed by atoms with Gasteiger partial charge in [0, 0.05) is 25.2 Å². The minimum Gasteiger partial charge on any atom is -0.441 e. The molecule has 22 heavy (non-hydrogen) atoms. The number of fused-ring (bicyclic) bond motifs is 1. The van der Waals surface area contributed by atoms with Gasteiger partial charge >= 0.3 is 6.03 Å². The molecule has 120 valence electrons. The number of aliphatic hydroxyl groups is 1. The van der Waals surface area contributed by atoms with Crippen molar-refractivity contribution >= 4 is 22.8 Å². The van der Waals surface area contributed by atoms with Crippen LogP contribution in [0.15, 0.2) is 22.6 Å². The summed E-state index contributed by atoms with van der Waals surface area (Å²) in [6, 6.07) is 4.94. The maximum Gasteiger partial charge on any atom is 0.319 e.